The molecule has 1 aliphatic carbocycles. The predicted molar refractivity (Wildman–Crippen MR) is 67.8 cm³/mol. The van der Waals surface area contributed by atoms with Crippen LogP contribution < -0.4 is 5.32 Å². The van der Waals surface area contributed by atoms with E-state index in [0.29, 0.717) is 5.92 Å². The van der Waals surface area contributed by atoms with E-state index in [0.717, 1.165) is 32.2 Å². The van der Waals surface area contributed by atoms with E-state index >= 15 is 0 Å². The maximum atomic E-state index is 12.2. The van der Waals surface area contributed by atoms with Gasteiger partial charge < -0.3 is 10.1 Å². The Morgan fingerprint density at radius 1 is 1.29 bits per heavy atom. The zero-order valence-corrected chi connectivity index (χ0v) is 11.1. The van der Waals surface area contributed by atoms with Crippen molar-refractivity contribution in [1.82, 2.24) is 5.32 Å². The van der Waals surface area contributed by atoms with Crippen molar-refractivity contribution in [3.05, 3.63) is 0 Å². The van der Waals surface area contributed by atoms with Crippen LogP contribution in [0.3, 0.4) is 0 Å². The number of rotatable bonds is 2. The molecule has 0 aromatic heterocycles. The second kappa shape index (κ2) is 5.38. The van der Waals surface area contributed by atoms with Gasteiger partial charge in [0.15, 0.2) is 0 Å². The minimum Gasteiger partial charge on any atom is -0.461 e. The molecule has 1 saturated carbocycles. The van der Waals surface area contributed by atoms with Gasteiger partial charge in [0.25, 0.3) is 0 Å². The molecule has 3 nitrogen and oxygen atoms in total. The van der Waals surface area contributed by atoms with Crippen LogP contribution in [0.15, 0.2) is 0 Å². The predicted octanol–water partition coefficient (Wildman–Crippen LogP) is 2.64. The van der Waals surface area contributed by atoms with Gasteiger partial charge in [-0.2, -0.15) is 0 Å². The van der Waals surface area contributed by atoms with Gasteiger partial charge in [0, 0.05) is 0 Å². The summed E-state index contributed by atoms with van der Waals surface area (Å²) in [5.74, 6) is 0.671. The molecular weight excluding hydrogens is 214 g/mol. The van der Waals surface area contributed by atoms with Gasteiger partial charge in [-0.15, -0.1) is 0 Å². The number of nitrogens with one attached hydrogen (secondary N) is 1. The van der Waals surface area contributed by atoms with Crippen molar-refractivity contribution in [1.29, 1.82) is 0 Å². The molecule has 0 aromatic rings. The van der Waals surface area contributed by atoms with E-state index in [9.17, 15) is 4.79 Å². The van der Waals surface area contributed by atoms with Crippen LogP contribution in [0.1, 0.15) is 58.8 Å². The Labute approximate surface area is 104 Å². The second-order valence-electron chi connectivity index (χ2n) is 6.02. The van der Waals surface area contributed by atoms with E-state index in [2.05, 4.69) is 12.2 Å². The van der Waals surface area contributed by atoms with Crippen molar-refractivity contribution in [2.45, 2.75) is 70.4 Å². The average molecular weight is 239 g/mol. The molecule has 17 heavy (non-hydrogen) atoms. The van der Waals surface area contributed by atoms with E-state index in [-0.39, 0.29) is 12.1 Å². The minimum atomic E-state index is -0.432. The molecule has 2 rings (SSSR count). The Hall–Kier alpha value is -0.570. The van der Waals surface area contributed by atoms with Crippen LogP contribution in [0, 0.1) is 5.92 Å². The highest BCUT2D eigenvalue weighted by molar-refractivity contribution is 5.80. The standard InChI is InChI=1S/C14H25NO2/c1-11-6-5-7-12(10-11)17-13(16)14(2)8-3-4-9-15-14/h11-12,15H,3-10H2,1-2H3. The third-order valence-corrected chi connectivity index (χ3v) is 4.23. The van der Waals surface area contributed by atoms with Crippen molar-refractivity contribution in [3.8, 4) is 0 Å². The fourth-order valence-electron chi connectivity index (χ4n) is 3.00. The lowest BCUT2D eigenvalue weighted by Gasteiger charge is -2.35. The Morgan fingerprint density at radius 3 is 2.76 bits per heavy atom. The average Bonchev–Trinajstić information content (AvgIpc) is 2.30. The summed E-state index contributed by atoms with van der Waals surface area (Å²) in [6.45, 7) is 5.17. The first-order valence-electron chi connectivity index (χ1n) is 7.06. The number of carbonyl (C=O) groups is 1. The first-order chi connectivity index (χ1) is 8.10. The van der Waals surface area contributed by atoms with Gasteiger partial charge in [-0.1, -0.05) is 13.3 Å². The maximum absolute atomic E-state index is 12.2. The number of ether oxygens (including phenoxy) is 1. The fourth-order valence-corrected chi connectivity index (χ4v) is 3.00. The van der Waals surface area contributed by atoms with Crippen molar-refractivity contribution < 1.29 is 9.53 Å². The molecule has 3 atom stereocenters. The highest BCUT2D eigenvalue weighted by Gasteiger charge is 2.37. The van der Waals surface area contributed by atoms with E-state index in [1.165, 1.54) is 19.3 Å². The molecule has 0 aromatic carbocycles. The molecule has 0 bridgehead atoms. The summed E-state index contributed by atoms with van der Waals surface area (Å²) in [6.07, 6.45) is 7.93. The Bertz CT molecular complexity index is 271. The molecule has 1 N–H and O–H groups in total. The maximum Gasteiger partial charge on any atom is 0.326 e. The zero-order valence-electron chi connectivity index (χ0n) is 11.1. The minimum absolute atomic E-state index is 0.0312. The Balaban J connectivity index is 1.87. The quantitative estimate of drug-likeness (QED) is 0.753. The third kappa shape index (κ3) is 3.21. The lowest BCUT2D eigenvalue weighted by atomic mass is 9.88. The van der Waals surface area contributed by atoms with Crippen LogP contribution in [0.4, 0.5) is 0 Å². The highest BCUT2D eigenvalue weighted by Crippen LogP contribution is 2.28. The van der Waals surface area contributed by atoms with Crippen LogP contribution in [0.25, 0.3) is 0 Å². The monoisotopic (exact) mass is 239 g/mol. The number of hydrogen-bond acceptors (Lipinski definition) is 3. The number of piperidine rings is 1. The molecule has 3 unspecified atom stereocenters. The fraction of sp³-hybridized carbons (Fsp3) is 0.929. The topological polar surface area (TPSA) is 38.3 Å². The molecule has 0 amide bonds. The summed E-state index contributed by atoms with van der Waals surface area (Å²) in [6, 6.07) is 0. The van der Waals surface area contributed by atoms with Crippen LogP contribution in [-0.4, -0.2) is 24.2 Å². The summed E-state index contributed by atoms with van der Waals surface area (Å²) < 4.78 is 5.70. The van der Waals surface area contributed by atoms with Crippen molar-refractivity contribution in [2.24, 2.45) is 5.92 Å². The smallest absolute Gasteiger partial charge is 0.326 e. The summed E-state index contributed by atoms with van der Waals surface area (Å²) in [4.78, 5) is 12.2. The molecule has 2 fully saturated rings. The van der Waals surface area contributed by atoms with Gasteiger partial charge >= 0.3 is 5.97 Å². The normalized spacial score (nSPS) is 38.7. The van der Waals surface area contributed by atoms with Crippen LogP contribution in [-0.2, 0) is 9.53 Å². The largest absolute Gasteiger partial charge is 0.461 e. The van der Waals surface area contributed by atoms with Gasteiger partial charge in [0.2, 0.25) is 0 Å². The molecule has 0 spiro atoms. The Morgan fingerprint density at radius 2 is 2.12 bits per heavy atom. The summed E-state index contributed by atoms with van der Waals surface area (Å²) in [5.41, 5.74) is -0.432. The summed E-state index contributed by atoms with van der Waals surface area (Å²) in [7, 11) is 0. The molecule has 2 aliphatic rings. The van der Waals surface area contributed by atoms with Gasteiger partial charge in [-0.25, -0.2) is 0 Å². The van der Waals surface area contributed by atoms with Gasteiger partial charge in [0.1, 0.15) is 11.6 Å². The van der Waals surface area contributed by atoms with E-state index in [1.54, 1.807) is 0 Å². The zero-order chi connectivity index (χ0) is 12.3. The van der Waals surface area contributed by atoms with Gasteiger partial charge in [-0.05, 0) is 57.9 Å². The number of hydrogen-bond donors (Lipinski definition) is 1. The van der Waals surface area contributed by atoms with Gasteiger partial charge in [-0.3, -0.25) is 4.79 Å². The van der Waals surface area contributed by atoms with Crippen LogP contribution in [0.5, 0.6) is 0 Å². The first kappa shape index (κ1) is 12.9. The molecule has 3 heteroatoms. The molecule has 1 aliphatic heterocycles. The summed E-state index contributed by atoms with van der Waals surface area (Å²) in [5, 5.41) is 3.32. The van der Waals surface area contributed by atoms with Crippen molar-refractivity contribution in [2.75, 3.05) is 6.54 Å². The van der Waals surface area contributed by atoms with Crippen molar-refractivity contribution in [3.63, 3.8) is 0 Å². The van der Waals surface area contributed by atoms with Gasteiger partial charge in [0.05, 0.1) is 0 Å². The first-order valence-corrected chi connectivity index (χ1v) is 7.06. The molecule has 1 saturated heterocycles. The Kier molecular flexibility index (Phi) is 4.08. The van der Waals surface area contributed by atoms with Crippen LogP contribution >= 0.6 is 0 Å². The summed E-state index contributed by atoms with van der Waals surface area (Å²) >= 11 is 0. The van der Waals surface area contributed by atoms with E-state index < -0.39 is 5.54 Å². The second-order valence-corrected chi connectivity index (χ2v) is 6.02. The van der Waals surface area contributed by atoms with E-state index in [4.69, 9.17) is 4.74 Å². The van der Waals surface area contributed by atoms with E-state index in [1.807, 2.05) is 6.92 Å². The highest BCUT2D eigenvalue weighted by atomic mass is 16.5. The molecule has 98 valence electrons. The van der Waals surface area contributed by atoms with Crippen LogP contribution in [0.2, 0.25) is 0 Å². The molecular formula is C14H25NO2. The molecule has 1 heterocycles. The number of esters is 1. The third-order valence-electron chi connectivity index (χ3n) is 4.23. The molecule has 0 radical (unpaired) electrons. The SMILES string of the molecule is CC1CCCC(OC(=O)C2(C)CCCCN2)C1. The van der Waals surface area contributed by atoms with Crippen molar-refractivity contribution >= 4 is 5.97 Å². The lowest BCUT2D eigenvalue weighted by Crippen LogP contribution is -2.53. The number of carbonyl (C=O) groups excluding carboxylic acids is 1. The lowest BCUT2D eigenvalue weighted by molar-refractivity contribution is -0.159.